The van der Waals surface area contributed by atoms with Crippen molar-refractivity contribution in [3.63, 3.8) is 0 Å². The van der Waals surface area contributed by atoms with Crippen molar-refractivity contribution >= 4 is 11.6 Å². The molecule has 0 aliphatic carbocycles. The number of halogens is 1. The average Bonchev–Trinajstić information content (AvgIpc) is 2.60. The molecule has 0 aliphatic rings. The van der Waals surface area contributed by atoms with E-state index in [9.17, 15) is 0 Å². The van der Waals surface area contributed by atoms with Gasteiger partial charge in [0.15, 0.2) is 0 Å². The SMILES string of the molecule is CC(C)C(C)(CCl)CCc1ccnn1C. The number of nitrogens with zero attached hydrogens (tertiary/aromatic N) is 2. The third-order valence-corrected chi connectivity index (χ3v) is 4.18. The van der Waals surface area contributed by atoms with Crippen LogP contribution in [0.25, 0.3) is 0 Å². The third kappa shape index (κ3) is 2.97. The maximum absolute atomic E-state index is 6.06. The number of rotatable bonds is 5. The average molecular weight is 229 g/mol. The highest BCUT2D eigenvalue weighted by Gasteiger charge is 2.27. The summed E-state index contributed by atoms with van der Waals surface area (Å²) in [5.74, 6) is 1.34. The molecule has 0 radical (unpaired) electrons. The van der Waals surface area contributed by atoms with Gasteiger partial charge in [0.25, 0.3) is 0 Å². The zero-order valence-electron chi connectivity index (χ0n) is 10.1. The Morgan fingerprint density at radius 2 is 2.20 bits per heavy atom. The Balaban J connectivity index is 2.59. The molecule has 2 nitrogen and oxygen atoms in total. The van der Waals surface area contributed by atoms with Gasteiger partial charge in [0.05, 0.1) is 0 Å². The summed E-state index contributed by atoms with van der Waals surface area (Å²) < 4.78 is 1.94. The molecule has 0 bridgehead atoms. The number of hydrogen-bond acceptors (Lipinski definition) is 1. The Bertz CT molecular complexity index is 306. The first-order valence-electron chi connectivity index (χ1n) is 5.52. The number of aryl methyl sites for hydroxylation is 2. The lowest BCUT2D eigenvalue weighted by molar-refractivity contribution is 0.233. The van der Waals surface area contributed by atoms with Crippen molar-refractivity contribution < 1.29 is 0 Å². The lowest BCUT2D eigenvalue weighted by atomic mass is 9.77. The van der Waals surface area contributed by atoms with Gasteiger partial charge in [-0.05, 0) is 30.2 Å². The van der Waals surface area contributed by atoms with Crippen LogP contribution in [0.3, 0.4) is 0 Å². The van der Waals surface area contributed by atoms with Crippen molar-refractivity contribution in [2.45, 2.75) is 33.6 Å². The molecule has 15 heavy (non-hydrogen) atoms. The molecule has 86 valence electrons. The van der Waals surface area contributed by atoms with Gasteiger partial charge >= 0.3 is 0 Å². The molecule has 0 fully saturated rings. The first-order chi connectivity index (χ1) is 6.99. The van der Waals surface area contributed by atoms with Crippen LogP contribution in [0.15, 0.2) is 12.3 Å². The van der Waals surface area contributed by atoms with Crippen molar-refractivity contribution in [1.82, 2.24) is 9.78 Å². The number of hydrogen-bond donors (Lipinski definition) is 0. The monoisotopic (exact) mass is 228 g/mol. The molecule has 1 unspecified atom stereocenters. The van der Waals surface area contributed by atoms with E-state index in [-0.39, 0.29) is 5.41 Å². The second kappa shape index (κ2) is 5.02. The standard InChI is InChI=1S/C12H21ClN2/c1-10(2)12(3,9-13)7-5-11-6-8-14-15(11)4/h6,8,10H,5,7,9H2,1-4H3. The van der Waals surface area contributed by atoms with Gasteiger partial charge in [-0.25, -0.2) is 0 Å². The number of alkyl halides is 1. The first kappa shape index (κ1) is 12.6. The van der Waals surface area contributed by atoms with E-state index in [0.29, 0.717) is 5.92 Å². The van der Waals surface area contributed by atoms with Crippen LogP contribution in [0.4, 0.5) is 0 Å². The maximum atomic E-state index is 6.06. The molecular weight excluding hydrogens is 208 g/mol. The van der Waals surface area contributed by atoms with Crippen LogP contribution in [0.2, 0.25) is 0 Å². The van der Waals surface area contributed by atoms with Gasteiger partial charge < -0.3 is 0 Å². The summed E-state index contributed by atoms with van der Waals surface area (Å²) in [6, 6.07) is 2.08. The van der Waals surface area contributed by atoms with Gasteiger partial charge in [0.1, 0.15) is 0 Å². The number of aromatic nitrogens is 2. The summed E-state index contributed by atoms with van der Waals surface area (Å²) in [5.41, 5.74) is 1.51. The van der Waals surface area contributed by atoms with E-state index in [0.717, 1.165) is 18.7 Å². The topological polar surface area (TPSA) is 17.8 Å². The molecule has 3 heteroatoms. The Morgan fingerprint density at radius 1 is 1.53 bits per heavy atom. The van der Waals surface area contributed by atoms with E-state index in [2.05, 4.69) is 31.9 Å². The molecule has 0 spiro atoms. The lowest BCUT2D eigenvalue weighted by Gasteiger charge is -2.31. The van der Waals surface area contributed by atoms with Gasteiger partial charge in [-0.15, -0.1) is 11.6 Å². The highest BCUT2D eigenvalue weighted by atomic mass is 35.5. The largest absolute Gasteiger partial charge is 0.273 e. The van der Waals surface area contributed by atoms with E-state index in [4.69, 9.17) is 11.6 Å². The zero-order valence-corrected chi connectivity index (χ0v) is 10.9. The van der Waals surface area contributed by atoms with E-state index >= 15 is 0 Å². The molecule has 0 N–H and O–H groups in total. The van der Waals surface area contributed by atoms with Crippen LogP contribution in [0, 0.1) is 11.3 Å². The van der Waals surface area contributed by atoms with Crippen molar-refractivity contribution in [2.24, 2.45) is 18.4 Å². The lowest BCUT2D eigenvalue weighted by Crippen LogP contribution is -2.26. The predicted molar refractivity (Wildman–Crippen MR) is 65.2 cm³/mol. The molecule has 1 rings (SSSR count). The summed E-state index contributed by atoms with van der Waals surface area (Å²) in [5, 5.41) is 4.17. The highest BCUT2D eigenvalue weighted by molar-refractivity contribution is 6.18. The van der Waals surface area contributed by atoms with Gasteiger partial charge in [-0.2, -0.15) is 5.10 Å². The fourth-order valence-electron chi connectivity index (χ4n) is 1.57. The summed E-state index contributed by atoms with van der Waals surface area (Å²) in [6.45, 7) is 6.75. The van der Waals surface area contributed by atoms with E-state index in [1.165, 1.54) is 5.69 Å². The Labute approximate surface area is 97.6 Å². The molecule has 1 aromatic heterocycles. The quantitative estimate of drug-likeness (QED) is 0.708. The Morgan fingerprint density at radius 3 is 2.60 bits per heavy atom. The fraction of sp³-hybridized carbons (Fsp3) is 0.750. The zero-order chi connectivity index (χ0) is 11.5. The smallest absolute Gasteiger partial charge is 0.0492 e. The van der Waals surface area contributed by atoms with E-state index in [1.807, 2.05) is 17.9 Å². The minimum absolute atomic E-state index is 0.228. The molecule has 0 aliphatic heterocycles. The van der Waals surface area contributed by atoms with Gasteiger partial charge in [-0.3, -0.25) is 4.68 Å². The summed E-state index contributed by atoms with van der Waals surface area (Å²) in [7, 11) is 1.99. The summed E-state index contributed by atoms with van der Waals surface area (Å²) in [4.78, 5) is 0. The first-order valence-corrected chi connectivity index (χ1v) is 6.06. The Kier molecular flexibility index (Phi) is 4.21. The second-order valence-corrected chi connectivity index (χ2v) is 5.16. The van der Waals surface area contributed by atoms with Crippen LogP contribution in [0.5, 0.6) is 0 Å². The van der Waals surface area contributed by atoms with Crippen molar-refractivity contribution in [3.8, 4) is 0 Å². The highest BCUT2D eigenvalue weighted by Crippen LogP contribution is 2.33. The van der Waals surface area contributed by atoms with Gasteiger partial charge in [0, 0.05) is 24.8 Å². The maximum Gasteiger partial charge on any atom is 0.0492 e. The van der Waals surface area contributed by atoms with Crippen LogP contribution in [-0.2, 0) is 13.5 Å². The molecule has 1 atom stereocenters. The van der Waals surface area contributed by atoms with Crippen LogP contribution in [-0.4, -0.2) is 15.7 Å². The van der Waals surface area contributed by atoms with Gasteiger partial charge in [0.2, 0.25) is 0 Å². The van der Waals surface area contributed by atoms with Crippen molar-refractivity contribution in [1.29, 1.82) is 0 Å². The predicted octanol–water partition coefficient (Wildman–Crippen LogP) is 3.25. The Hall–Kier alpha value is -0.500. The molecule has 0 saturated heterocycles. The van der Waals surface area contributed by atoms with Crippen LogP contribution >= 0.6 is 11.6 Å². The minimum Gasteiger partial charge on any atom is -0.273 e. The normalized spacial score (nSPS) is 15.6. The molecule has 0 saturated carbocycles. The van der Waals surface area contributed by atoms with E-state index in [1.54, 1.807) is 0 Å². The fourth-order valence-corrected chi connectivity index (χ4v) is 2.01. The molecule has 0 aromatic carbocycles. The van der Waals surface area contributed by atoms with Crippen molar-refractivity contribution in [2.75, 3.05) is 5.88 Å². The van der Waals surface area contributed by atoms with Crippen molar-refractivity contribution in [3.05, 3.63) is 18.0 Å². The summed E-state index contributed by atoms with van der Waals surface area (Å²) >= 11 is 6.06. The third-order valence-electron chi connectivity index (χ3n) is 3.57. The van der Waals surface area contributed by atoms with Gasteiger partial charge in [-0.1, -0.05) is 20.8 Å². The van der Waals surface area contributed by atoms with E-state index < -0.39 is 0 Å². The molecule has 0 amide bonds. The van der Waals surface area contributed by atoms with Crippen LogP contribution in [0.1, 0.15) is 32.9 Å². The molecule has 1 aromatic rings. The minimum atomic E-state index is 0.228. The summed E-state index contributed by atoms with van der Waals surface area (Å²) in [6.07, 6.45) is 4.02. The van der Waals surface area contributed by atoms with Crippen LogP contribution < -0.4 is 0 Å². The second-order valence-electron chi connectivity index (χ2n) is 4.89. The molecular formula is C12H21ClN2. The molecule has 1 heterocycles.